The van der Waals surface area contributed by atoms with Crippen molar-refractivity contribution in [2.75, 3.05) is 12.4 Å². The molecule has 2 N–H and O–H groups in total. The molecular formula is C28H27FN4O2S2. The average Bonchev–Trinajstić information content (AvgIpc) is 2.88. The Morgan fingerprint density at radius 2 is 1.97 bits per heavy atom. The smallest absolute Gasteiger partial charge is 0.335 e. The van der Waals surface area contributed by atoms with E-state index in [0.29, 0.717) is 15.5 Å². The van der Waals surface area contributed by atoms with Gasteiger partial charge >= 0.3 is 5.97 Å². The lowest BCUT2D eigenvalue weighted by Gasteiger charge is -2.28. The fourth-order valence-electron chi connectivity index (χ4n) is 4.67. The van der Waals surface area contributed by atoms with E-state index in [1.165, 1.54) is 30.7 Å². The molecule has 190 valence electrons. The number of carbonyl (C=O) groups is 1. The molecule has 0 bridgehead atoms. The minimum absolute atomic E-state index is 0.115. The van der Waals surface area contributed by atoms with Crippen LogP contribution >= 0.6 is 23.5 Å². The van der Waals surface area contributed by atoms with Crippen molar-refractivity contribution >= 4 is 29.5 Å². The lowest BCUT2D eigenvalue weighted by atomic mass is 9.84. The first kappa shape index (κ1) is 26.8. The minimum atomic E-state index is -0.985. The largest absolute Gasteiger partial charge is 0.463 e. The molecule has 0 fully saturated rings. The van der Waals surface area contributed by atoms with Crippen LogP contribution in [0.25, 0.3) is 0 Å². The normalized spacial score (nSPS) is 17.8. The number of rotatable bonds is 6. The zero-order valence-electron chi connectivity index (χ0n) is 20.6. The Labute approximate surface area is 224 Å². The summed E-state index contributed by atoms with van der Waals surface area (Å²) < 4.78 is 20.3. The van der Waals surface area contributed by atoms with Crippen LogP contribution in [0.2, 0.25) is 0 Å². The van der Waals surface area contributed by atoms with E-state index in [2.05, 4.69) is 12.1 Å². The molecule has 1 atom stereocenters. The van der Waals surface area contributed by atoms with Crippen LogP contribution in [0.1, 0.15) is 60.9 Å². The van der Waals surface area contributed by atoms with Gasteiger partial charge in [0.25, 0.3) is 0 Å². The highest BCUT2D eigenvalue weighted by atomic mass is 32.2. The molecule has 1 aromatic heterocycles. The van der Waals surface area contributed by atoms with Crippen LogP contribution in [0.3, 0.4) is 0 Å². The van der Waals surface area contributed by atoms with Gasteiger partial charge in [-0.05, 0) is 50.3 Å². The Morgan fingerprint density at radius 1 is 1.22 bits per heavy atom. The summed E-state index contributed by atoms with van der Waals surface area (Å²) in [6.45, 7) is 1.82. The second kappa shape index (κ2) is 12.3. The molecule has 0 amide bonds. The Balaban J connectivity index is 1.76. The number of allylic oxidation sites excluding steroid dienone is 1. The van der Waals surface area contributed by atoms with Crippen molar-refractivity contribution in [3.8, 4) is 12.1 Å². The van der Waals surface area contributed by atoms with Crippen molar-refractivity contribution < 1.29 is 13.9 Å². The number of esters is 1. The van der Waals surface area contributed by atoms with Gasteiger partial charge in [0.1, 0.15) is 16.9 Å². The third-order valence-corrected chi connectivity index (χ3v) is 8.69. The number of aromatic nitrogens is 1. The first-order valence-electron chi connectivity index (χ1n) is 12.3. The second-order valence-corrected chi connectivity index (χ2v) is 10.9. The van der Waals surface area contributed by atoms with Gasteiger partial charge in [0.2, 0.25) is 0 Å². The highest BCUT2D eigenvalue weighted by molar-refractivity contribution is 8.08. The summed E-state index contributed by atoms with van der Waals surface area (Å²) in [7, 11) is 0. The number of nitrogens with zero attached hydrogens (tertiary/aromatic N) is 3. The maximum absolute atomic E-state index is 14.9. The molecule has 0 unspecified atom stereocenters. The van der Waals surface area contributed by atoms with E-state index in [0.717, 1.165) is 48.7 Å². The van der Waals surface area contributed by atoms with Crippen molar-refractivity contribution in [3.63, 3.8) is 0 Å². The highest BCUT2D eigenvalue weighted by Gasteiger charge is 2.37. The van der Waals surface area contributed by atoms with Crippen molar-refractivity contribution in [2.45, 2.75) is 56.4 Å². The van der Waals surface area contributed by atoms with Crippen molar-refractivity contribution in [1.29, 1.82) is 10.5 Å². The van der Waals surface area contributed by atoms with Crippen LogP contribution < -0.4 is 5.73 Å². The predicted octanol–water partition coefficient (Wildman–Crippen LogP) is 5.89. The fraction of sp³-hybridized carbons (Fsp3) is 0.357. The number of hydrogen-bond acceptors (Lipinski definition) is 8. The maximum Gasteiger partial charge on any atom is 0.335 e. The fourth-order valence-corrected chi connectivity index (χ4v) is 6.79. The summed E-state index contributed by atoms with van der Waals surface area (Å²) in [5.74, 6) is -1.88. The first-order valence-corrected chi connectivity index (χ1v) is 14.1. The molecule has 0 saturated heterocycles. The summed E-state index contributed by atoms with van der Waals surface area (Å²) in [5, 5.41) is 20.5. The average molecular weight is 535 g/mol. The number of benzene rings is 1. The SMILES string of the molecule is CCOC(=O)C1=C(CSc2nc3c(cc2C#N)CCCCCC3)SC(N)=C(C#N)[C@H]1c1ccccc1F. The second-order valence-electron chi connectivity index (χ2n) is 8.77. The van der Waals surface area contributed by atoms with Crippen LogP contribution in [0.5, 0.6) is 0 Å². The van der Waals surface area contributed by atoms with Gasteiger partial charge in [0.15, 0.2) is 0 Å². The number of fused-ring (bicyclic) bond motifs is 1. The highest BCUT2D eigenvalue weighted by Crippen LogP contribution is 2.47. The van der Waals surface area contributed by atoms with Gasteiger partial charge in [0, 0.05) is 21.9 Å². The molecule has 2 heterocycles. The van der Waals surface area contributed by atoms with E-state index in [-0.39, 0.29) is 34.1 Å². The van der Waals surface area contributed by atoms with Gasteiger partial charge in [-0.1, -0.05) is 54.6 Å². The summed E-state index contributed by atoms with van der Waals surface area (Å²) in [6.07, 6.45) is 6.29. The van der Waals surface area contributed by atoms with Gasteiger partial charge in [-0.3, -0.25) is 0 Å². The number of pyridine rings is 1. The molecule has 2 aromatic rings. The zero-order chi connectivity index (χ0) is 26.4. The molecule has 0 spiro atoms. The third-order valence-electron chi connectivity index (χ3n) is 6.43. The van der Waals surface area contributed by atoms with Gasteiger partial charge in [0.05, 0.1) is 40.3 Å². The predicted molar refractivity (Wildman–Crippen MR) is 143 cm³/mol. The summed E-state index contributed by atoms with van der Waals surface area (Å²) in [4.78, 5) is 18.6. The topological polar surface area (TPSA) is 113 Å². The third kappa shape index (κ3) is 5.84. The van der Waals surface area contributed by atoms with Crippen LogP contribution in [0, 0.1) is 28.5 Å². The molecule has 1 aliphatic carbocycles. The molecule has 1 aromatic carbocycles. The van der Waals surface area contributed by atoms with Gasteiger partial charge in [-0.25, -0.2) is 14.2 Å². The van der Waals surface area contributed by atoms with E-state index in [1.807, 2.05) is 6.07 Å². The van der Waals surface area contributed by atoms with Crippen molar-refractivity contribution in [2.24, 2.45) is 5.73 Å². The molecule has 2 aliphatic rings. The lowest BCUT2D eigenvalue weighted by Crippen LogP contribution is -2.24. The van der Waals surface area contributed by atoms with E-state index in [1.54, 1.807) is 25.1 Å². The van der Waals surface area contributed by atoms with Gasteiger partial charge in [-0.15, -0.1) is 0 Å². The zero-order valence-corrected chi connectivity index (χ0v) is 22.2. The number of nitrogens with two attached hydrogens (primary N) is 1. The molecule has 9 heteroatoms. The van der Waals surface area contributed by atoms with Crippen LogP contribution in [0.4, 0.5) is 4.39 Å². The molecule has 37 heavy (non-hydrogen) atoms. The number of hydrogen-bond donors (Lipinski definition) is 1. The summed E-state index contributed by atoms with van der Waals surface area (Å²) in [6, 6.07) is 12.3. The maximum atomic E-state index is 14.9. The van der Waals surface area contributed by atoms with Crippen LogP contribution in [0.15, 0.2) is 56.4 Å². The summed E-state index contributed by atoms with van der Waals surface area (Å²) >= 11 is 2.45. The minimum Gasteiger partial charge on any atom is -0.463 e. The molecular weight excluding hydrogens is 507 g/mol. The molecule has 6 nitrogen and oxygen atoms in total. The Morgan fingerprint density at radius 3 is 2.68 bits per heavy atom. The van der Waals surface area contributed by atoms with Gasteiger partial charge in [-0.2, -0.15) is 10.5 Å². The van der Waals surface area contributed by atoms with E-state index in [9.17, 15) is 19.7 Å². The Kier molecular flexibility index (Phi) is 8.91. The van der Waals surface area contributed by atoms with E-state index < -0.39 is 17.7 Å². The van der Waals surface area contributed by atoms with Crippen molar-refractivity contribution in [1.82, 2.24) is 4.98 Å². The van der Waals surface area contributed by atoms with Gasteiger partial charge < -0.3 is 10.5 Å². The molecule has 0 radical (unpaired) electrons. The molecule has 1 aliphatic heterocycles. The number of halogens is 1. The summed E-state index contributed by atoms with van der Waals surface area (Å²) in [5.41, 5.74) is 9.42. The van der Waals surface area contributed by atoms with E-state index in [4.69, 9.17) is 15.5 Å². The number of ether oxygens (including phenoxy) is 1. The standard InChI is InChI=1S/C28H27FN4O2S2/c1-2-35-28(34)25-23(37-26(32)20(15-31)24(25)19-10-7-8-11-21(19)29)16-36-27-18(14-30)13-17-9-5-3-4-6-12-22(17)33-27/h7-8,10-11,13,24H,2-6,9,12,16,32H2,1H3/t24-/m1/s1. The Bertz CT molecular complexity index is 1360. The first-order chi connectivity index (χ1) is 18.0. The number of nitriles is 2. The Hall–Kier alpha value is -3.27. The lowest BCUT2D eigenvalue weighted by molar-refractivity contribution is -0.138. The monoisotopic (exact) mass is 534 g/mol. The van der Waals surface area contributed by atoms with Crippen LogP contribution in [-0.2, 0) is 22.4 Å². The molecule has 0 saturated carbocycles. The van der Waals surface area contributed by atoms with Crippen molar-refractivity contribution in [3.05, 3.63) is 79.6 Å². The molecule has 4 rings (SSSR count). The van der Waals surface area contributed by atoms with Crippen LogP contribution in [-0.4, -0.2) is 23.3 Å². The quantitative estimate of drug-likeness (QED) is 0.361. The number of thioether (sulfide) groups is 2. The number of aryl methyl sites for hydroxylation is 2. The number of carbonyl (C=O) groups excluding carboxylic acids is 1. The van der Waals surface area contributed by atoms with E-state index >= 15 is 0 Å².